The van der Waals surface area contributed by atoms with Crippen LogP contribution in [0.2, 0.25) is 13.1 Å². The summed E-state index contributed by atoms with van der Waals surface area (Å²) in [6, 6.07) is 8.93. The van der Waals surface area contributed by atoms with E-state index in [0.29, 0.717) is 5.92 Å². The quantitative estimate of drug-likeness (QED) is 0.681. The van der Waals surface area contributed by atoms with Gasteiger partial charge in [-0.3, -0.25) is 0 Å². The van der Waals surface area contributed by atoms with Crippen molar-refractivity contribution in [3.8, 4) is 0 Å². The van der Waals surface area contributed by atoms with Crippen LogP contribution in [0, 0.1) is 5.92 Å². The van der Waals surface area contributed by atoms with Crippen molar-refractivity contribution in [1.82, 2.24) is 0 Å². The molecule has 3 rings (SSSR count). The van der Waals surface area contributed by atoms with E-state index in [1.807, 2.05) is 0 Å². The van der Waals surface area contributed by atoms with E-state index in [4.69, 9.17) is 0 Å². The van der Waals surface area contributed by atoms with Crippen LogP contribution in [0.3, 0.4) is 0 Å². The fraction of sp³-hybridized carbons (Fsp3) is 0.250. The van der Waals surface area contributed by atoms with Crippen LogP contribution >= 0.6 is 0 Å². The SMILES string of the molecule is C[Si](C)C1=C(C2C=CC=C2)Cc2ccccc21. The van der Waals surface area contributed by atoms with E-state index in [-0.39, 0.29) is 0 Å². The summed E-state index contributed by atoms with van der Waals surface area (Å²) in [5, 5.41) is 1.67. The fourth-order valence-electron chi connectivity index (χ4n) is 2.92. The monoisotopic (exact) mass is 237 g/mol. The molecule has 0 N–H and O–H groups in total. The van der Waals surface area contributed by atoms with Gasteiger partial charge in [-0.25, -0.2) is 0 Å². The first-order valence-corrected chi connectivity index (χ1v) is 8.74. The predicted octanol–water partition coefficient (Wildman–Crippen LogP) is 4.03. The Kier molecular flexibility index (Phi) is 2.64. The summed E-state index contributed by atoms with van der Waals surface area (Å²) in [5.74, 6) is 0.553. The highest BCUT2D eigenvalue weighted by atomic mass is 28.3. The molecule has 0 unspecified atom stereocenters. The zero-order chi connectivity index (χ0) is 11.8. The van der Waals surface area contributed by atoms with Gasteiger partial charge in [0.15, 0.2) is 0 Å². The minimum atomic E-state index is -0.397. The lowest BCUT2D eigenvalue weighted by Gasteiger charge is -2.14. The molecular weight excluding hydrogens is 220 g/mol. The molecule has 0 bridgehead atoms. The van der Waals surface area contributed by atoms with E-state index in [2.05, 4.69) is 61.7 Å². The fourth-order valence-corrected chi connectivity index (χ4v) is 4.60. The zero-order valence-electron chi connectivity index (χ0n) is 10.4. The van der Waals surface area contributed by atoms with E-state index in [1.165, 1.54) is 11.1 Å². The van der Waals surface area contributed by atoms with Crippen molar-refractivity contribution in [2.45, 2.75) is 19.5 Å². The molecule has 0 nitrogen and oxygen atoms in total. The molecule has 0 amide bonds. The molecule has 2 aliphatic rings. The Morgan fingerprint density at radius 2 is 1.76 bits per heavy atom. The van der Waals surface area contributed by atoms with Crippen molar-refractivity contribution >= 4 is 14.0 Å². The van der Waals surface area contributed by atoms with Crippen LogP contribution in [0.25, 0.3) is 5.20 Å². The average molecular weight is 237 g/mol. The summed E-state index contributed by atoms with van der Waals surface area (Å²) in [4.78, 5) is 0. The van der Waals surface area contributed by atoms with Crippen LogP contribution in [0.4, 0.5) is 0 Å². The molecule has 2 aliphatic carbocycles. The van der Waals surface area contributed by atoms with Crippen molar-refractivity contribution in [3.63, 3.8) is 0 Å². The second-order valence-corrected chi connectivity index (χ2v) is 7.53. The Hall–Kier alpha value is -1.34. The molecule has 1 heteroatoms. The summed E-state index contributed by atoms with van der Waals surface area (Å²) >= 11 is 0. The van der Waals surface area contributed by atoms with Crippen LogP contribution in [-0.2, 0) is 6.42 Å². The zero-order valence-corrected chi connectivity index (χ0v) is 11.4. The van der Waals surface area contributed by atoms with Gasteiger partial charge < -0.3 is 0 Å². The Morgan fingerprint density at radius 3 is 2.47 bits per heavy atom. The van der Waals surface area contributed by atoms with E-state index >= 15 is 0 Å². The smallest absolute Gasteiger partial charge is 0.0736 e. The lowest BCUT2D eigenvalue weighted by molar-refractivity contribution is 0.942. The first kappa shape index (κ1) is 10.8. The molecule has 0 heterocycles. The molecule has 85 valence electrons. The molecule has 1 radical (unpaired) electrons. The van der Waals surface area contributed by atoms with Gasteiger partial charge in [0.1, 0.15) is 0 Å². The highest BCUT2D eigenvalue weighted by molar-refractivity contribution is 6.77. The first-order chi connectivity index (χ1) is 8.27. The van der Waals surface area contributed by atoms with Crippen LogP contribution in [-0.4, -0.2) is 8.80 Å². The van der Waals surface area contributed by atoms with Crippen LogP contribution in [0.15, 0.2) is 54.1 Å². The molecular formula is C16H17Si. The van der Waals surface area contributed by atoms with Gasteiger partial charge >= 0.3 is 0 Å². The number of benzene rings is 1. The predicted molar refractivity (Wildman–Crippen MR) is 76.3 cm³/mol. The first-order valence-electron chi connectivity index (χ1n) is 6.24. The van der Waals surface area contributed by atoms with Gasteiger partial charge in [0, 0.05) is 5.92 Å². The number of fused-ring (bicyclic) bond motifs is 1. The Labute approximate surface area is 105 Å². The normalized spacial score (nSPS) is 18.5. The Morgan fingerprint density at radius 1 is 1.06 bits per heavy atom. The summed E-state index contributed by atoms with van der Waals surface area (Å²) in [5.41, 5.74) is 4.70. The summed E-state index contributed by atoms with van der Waals surface area (Å²) in [6.07, 6.45) is 10.2. The van der Waals surface area contributed by atoms with Crippen LogP contribution in [0.5, 0.6) is 0 Å². The standard InChI is InChI=1S/C16H17Si/c1-17(2)16-14-10-6-5-9-13(14)11-15(16)12-7-3-4-8-12/h3-10,12H,11H2,1-2H3. The Bertz CT molecular complexity index is 520. The summed E-state index contributed by atoms with van der Waals surface area (Å²) in [7, 11) is -0.397. The lowest BCUT2D eigenvalue weighted by Crippen LogP contribution is -2.08. The molecule has 0 aromatic heterocycles. The maximum atomic E-state index is 2.41. The van der Waals surface area contributed by atoms with Crippen molar-refractivity contribution in [2.24, 2.45) is 5.92 Å². The van der Waals surface area contributed by atoms with Crippen molar-refractivity contribution in [1.29, 1.82) is 0 Å². The van der Waals surface area contributed by atoms with Gasteiger partial charge in [-0.2, -0.15) is 0 Å². The molecule has 0 aliphatic heterocycles. The molecule has 1 aromatic carbocycles. The molecule has 1 aromatic rings. The van der Waals surface area contributed by atoms with Gasteiger partial charge in [0.25, 0.3) is 0 Å². The van der Waals surface area contributed by atoms with Crippen LogP contribution < -0.4 is 0 Å². The van der Waals surface area contributed by atoms with Gasteiger partial charge in [-0.1, -0.05) is 72.4 Å². The second kappa shape index (κ2) is 4.15. The van der Waals surface area contributed by atoms with Gasteiger partial charge in [-0.15, -0.1) is 0 Å². The van der Waals surface area contributed by atoms with Crippen LogP contribution in [0.1, 0.15) is 11.1 Å². The molecule has 0 spiro atoms. The lowest BCUT2D eigenvalue weighted by atomic mass is 9.99. The second-order valence-electron chi connectivity index (χ2n) is 5.03. The molecule has 0 saturated heterocycles. The number of allylic oxidation sites excluding steroid dienone is 5. The third-order valence-corrected chi connectivity index (χ3v) is 5.23. The summed E-state index contributed by atoms with van der Waals surface area (Å²) < 4.78 is 0. The number of hydrogen-bond donors (Lipinski definition) is 0. The highest BCUT2D eigenvalue weighted by Crippen LogP contribution is 2.39. The highest BCUT2D eigenvalue weighted by Gasteiger charge is 2.26. The average Bonchev–Trinajstić information content (AvgIpc) is 2.95. The van der Waals surface area contributed by atoms with Gasteiger partial charge in [0.05, 0.1) is 8.80 Å². The van der Waals surface area contributed by atoms with Crippen molar-refractivity contribution in [3.05, 3.63) is 65.3 Å². The summed E-state index contributed by atoms with van der Waals surface area (Å²) in [6.45, 7) is 4.81. The number of hydrogen-bond acceptors (Lipinski definition) is 0. The molecule has 17 heavy (non-hydrogen) atoms. The number of rotatable bonds is 2. The Balaban J connectivity index is 2.10. The topological polar surface area (TPSA) is 0 Å². The molecule has 0 saturated carbocycles. The minimum Gasteiger partial charge on any atom is -0.0736 e. The molecule has 0 fully saturated rings. The van der Waals surface area contributed by atoms with E-state index < -0.39 is 8.80 Å². The van der Waals surface area contributed by atoms with E-state index in [1.54, 1.807) is 10.8 Å². The van der Waals surface area contributed by atoms with Crippen molar-refractivity contribution < 1.29 is 0 Å². The largest absolute Gasteiger partial charge is 0.0799 e. The third-order valence-electron chi connectivity index (χ3n) is 3.64. The van der Waals surface area contributed by atoms with Gasteiger partial charge in [0.2, 0.25) is 0 Å². The maximum absolute atomic E-state index is 2.41. The van der Waals surface area contributed by atoms with Gasteiger partial charge in [-0.05, 0) is 17.5 Å². The van der Waals surface area contributed by atoms with E-state index in [0.717, 1.165) is 6.42 Å². The van der Waals surface area contributed by atoms with E-state index in [9.17, 15) is 0 Å². The maximum Gasteiger partial charge on any atom is 0.0799 e. The third kappa shape index (κ3) is 1.75. The minimum absolute atomic E-state index is 0.397. The van der Waals surface area contributed by atoms with Crippen molar-refractivity contribution in [2.75, 3.05) is 0 Å². The molecule has 0 atom stereocenters.